The molecule has 3 aromatic heterocycles. The molecule has 6 rings (SSSR count). The molecule has 0 amide bonds. The smallest absolute Gasteiger partial charge is 0.360 e. The standard InChI is InChI=1S/C26H26F2N8O3/c1-29-24-22(16-7-30-8-18-21(16)31-12-35(18)2)33-23(26(37)38-3)25(34-24)32-17-5-4-13(19(27)20(17)28)9-36-10-15-6-14(36)11-39-15/h4-5,7-8,12,14-15H,6,9-11H2,1-3H3,(H2,29,32,34)/t14-,15-/m1/s1. The summed E-state index contributed by atoms with van der Waals surface area (Å²) in [6, 6.07) is 3.17. The molecule has 4 aromatic rings. The molecule has 2 bridgehead atoms. The van der Waals surface area contributed by atoms with E-state index in [4.69, 9.17) is 9.47 Å². The summed E-state index contributed by atoms with van der Waals surface area (Å²) in [5.74, 6) is -2.68. The van der Waals surface area contributed by atoms with Gasteiger partial charge in [0.1, 0.15) is 11.2 Å². The third-order valence-electron chi connectivity index (χ3n) is 7.21. The van der Waals surface area contributed by atoms with Gasteiger partial charge in [-0.2, -0.15) is 0 Å². The van der Waals surface area contributed by atoms with Crippen LogP contribution in [0.25, 0.3) is 22.3 Å². The zero-order chi connectivity index (χ0) is 27.3. The first-order valence-electron chi connectivity index (χ1n) is 12.4. The molecule has 2 atom stereocenters. The van der Waals surface area contributed by atoms with Crippen LogP contribution in [0.1, 0.15) is 22.5 Å². The number of anilines is 3. The third kappa shape index (κ3) is 4.33. The molecule has 5 heterocycles. The Labute approximate surface area is 222 Å². The average molecular weight is 537 g/mol. The summed E-state index contributed by atoms with van der Waals surface area (Å²) in [6.07, 6.45) is 5.94. The van der Waals surface area contributed by atoms with Crippen molar-refractivity contribution in [2.24, 2.45) is 7.05 Å². The van der Waals surface area contributed by atoms with E-state index in [0.29, 0.717) is 29.9 Å². The number of methoxy groups -OCH3 is 1. The molecule has 39 heavy (non-hydrogen) atoms. The van der Waals surface area contributed by atoms with Crippen LogP contribution in [-0.4, -0.2) is 74.8 Å². The molecule has 2 aliphatic heterocycles. The average Bonchev–Trinajstić information content (AvgIpc) is 3.68. The lowest BCUT2D eigenvalue weighted by atomic mass is 10.1. The molecular weight excluding hydrogens is 510 g/mol. The lowest BCUT2D eigenvalue weighted by Gasteiger charge is -2.26. The highest BCUT2D eigenvalue weighted by Gasteiger charge is 2.39. The second-order valence-electron chi connectivity index (χ2n) is 9.57. The predicted molar refractivity (Wildman–Crippen MR) is 139 cm³/mol. The first-order chi connectivity index (χ1) is 18.9. The molecule has 0 radical (unpaired) electrons. The Morgan fingerprint density at radius 2 is 2.05 bits per heavy atom. The molecule has 2 aliphatic rings. The van der Waals surface area contributed by atoms with Gasteiger partial charge in [-0.15, -0.1) is 0 Å². The van der Waals surface area contributed by atoms with E-state index in [0.717, 1.165) is 11.9 Å². The summed E-state index contributed by atoms with van der Waals surface area (Å²) in [4.78, 5) is 32.5. The van der Waals surface area contributed by atoms with Crippen LogP contribution in [0, 0.1) is 11.6 Å². The van der Waals surface area contributed by atoms with Crippen molar-refractivity contribution in [3.8, 4) is 11.3 Å². The Morgan fingerprint density at radius 3 is 2.77 bits per heavy atom. The number of halogens is 2. The van der Waals surface area contributed by atoms with Crippen molar-refractivity contribution in [2.45, 2.75) is 25.1 Å². The van der Waals surface area contributed by atoms with Gasteiger partial charge in [0, 0.05) is 45.0 Å². The lowest BCUT2D eigenvalue weighted by Crippen LogP contribution is -2.36. The first kappa shape index (κ1) is 25.1. The number of aromatic nitrogens is 5. The lowest BCUT2D eigenvalue weighted by molar-refractivity contribution is 0.0268. The molecule has 0 spiro atoms. The summed E-state index contributed by atoms with van der Waals surface area (Å²) in [5.41, 5.74) is 2.03. The first-order valence-corrected chi connectivity index (χ1v) is 12.4. The van der Waals surface area contributed by atoms with E-state index in [1.165, 1.54) is 19.2 Å². The number of morpholine rings is 1. The second kappa shape index (κ2) is 9.82. The van der Waals surface area contributed by atoms with Crippen LogP contribution in [0.4, 0.5) is 26.1 Å². The number of carbonyl (C=O) groups is 1. The minimum absolute atomic E-state index is 0.101. The summed E-state index contributed by atoms with van der Waals surface area (Å²) in [7, 11) is 4.67. The van der Waals surface area contributed by atoms with Crippen molar-refractivity contribution in [3.63, 3.8) is 0 Å². The van der Waals surface area contributed by atoms with Crippen LogP contribution in [0.3, 0.4) is 0 Å². The normalized spacial score (nSPS) is 18.6. The van der Waals surface area contributed by atoms with E-state index in [1.54, 1.807) is 30.3 Å². The number of hydrogen-bond donors (Lipinski definition) is 2. The molecule has 0 aliphatic carbocycles. The van der Waals surface area contributed by atoms with Gasteiger partial charge in [-0.3, -0.25) is 9.88 Å². The highest BCUT2D eigenvalue weighted by atomic mass is 19.2. The SMILES string of the molecule is CNc1nc(Nc2ccc(CN3C[C@H]4C[C@@H]3CO4)c(F)c2F)c(C(=O)OC)nc1-c1cncc2c1ncn2C. The number of carbonyl (C=O) groups excluding carboxylic acids is 1. The predicted octanol–water partition coefficient (Wildman–Crippen LogP) is 3.25. The number of fused-ring (bicyclic) bond motifs is 3. The van der Waals surface area contributed by atoms with Gasteiger partial charge in [0.2, 0.25) is 0 Å². The van der Waals surface area contributed by atoms with Gasteiger partial charge in [0.15, 0.2) is 29.0 Å². The highest BCUT2D eigenvalue weighted by molar-refractivity contribution is 5.98. The van der Waals surface area contributed by atoms with E-state index < -0.39 is 17.6 Å². The number of pyridine rings is 1. The monoisotopic (exact) mass is 536 g/mol. The number of nitrogens with zero attached hydrogens (tertiary/aromatic N) is 6. The maximum Gasteiger partial charge on any atom is 0.360 e. The zero-order valence-corrected chi connectivity index (χ0v) is 21.5. The molecule has 2 saturated heterocycles. The summed E-state index contributed by atoms with van der Waals surface area (Å²) < 4.78 is 42.7. The van der Waals surface area contributed by atoms with E-state index in [1.807, 2.05) is 7.05 Å². The quantitative estimate of drug-likeness (QED) is 0.341. The van der Waals surface area contributed by atoms with Gasteiger partial charge in [-0.05, 0) is 12.5 Å². The topological polar surface area (TPSA) is 119 Å². The van der Waals surface area contributed by atoms with Gasteiger partial charge in [0.25, 0.3) is 0 Å². The number of aryl methyl sites for hydroxylation is 1. The van der Waals surface area contributed by atoms with Crippen LogP contribution in [0.5, 0.6) is 0 Å². The number of ether oxygens (including phenoxy) is 2. The van der Waals surface area contributed by atoms with Crippen LogP contribution in [0.2, 0.25) is 0 Å². The van der Waals surface area contributed by atoms with Crippen molar-refractivity contribution in [1.29, 1.82) is 0 Å². The van der Waals surface area contributed by atoms with E-state index >= 15 is 8.78 Å². The van der Waals surface area contributed by atoms with Crippen molar-refractivity contribution in [2.75, 3.05) is 37.9 Å². The van der Waals surface area contributed by atoms with Gasteiger partial charge in [-0.1, -0.05) is 6.07 Å². The van der Waals surface area contributed by atoms with Gasteiger partial charge in [-0.25, -0.2) is 28.5 Å². The summed E-state index contributed by atoms with van der Waals surface area (Å²) in [5, 5.41) is 5.69. The number of imidazole rings is 1. The fraction of sp³-hybridized carbons (Fsp3) is 0.346. The molecule has 202 valence electrons. The zero-order valence-electron chi connectivity index (χ0n) is 21.5. The van der Waals surface area contributed by atoms with Crippen LogP contribution in [0.15, 0.2) is 30.9 Å². The number of likely N-dealkylation sites (tertiary alicyclic amines) is 1. The van der Waals surface area contributed by atoms with Gasteiger partial charge < -0.3 is 24.7 Å². The van der Waals surface area contributed by atoms with Crippen molar-refractivity contribution < 1.29 is 23.0 Å². The minimum atomic E-state index is -1.08. The van der Waals surface area contributed by atoms with Crippen molar-refractivity contribution in [3.05, 3.63) is 53.7 Å². The fourth-order valence-electron chi connectivity index (χ4n) is 5.17. The Hall–Kier alpha value is -4.23. The van der Waals surface area contributed by atoms with Crippen molar-refractivity contribution in [1.82, 2.24) is 29.4 Å². The van der Waals surface area contributed by atoms with Gasteiger partial charge >= 0.3 is 5.97 Å². The Balaban J connectivity index is 1.37. The molecule has 0 saturated carbocycles. The Morgan fingerprint density at radius 1 is 1.21 bits per heavy atom. The molecule has 0 unspecified atom stereocenters. The molecule has 2 N–H and O–H groups in total. The minimum Gasteiger partial charge on any atom is -0.464 e. The highest BCUT2D eigenvalue weighted by Crippen LogP contribution is 2.34. The fourth-order valence-corrected chi connectivity index (χ4v) is 5.17. The number of nitrogens with one attached hydrogen (secondary N) is 2. The Bertz CT molecular complexity index is 1590. The maximum atomic E-state index is 15.2. The number of benzene rings is 1. The van der Waals surface area contributed by atoms with Crippen LogP contribution >= 0.6 is 0 Å². The van der Waals surface area contributed by atoms with Crippen LogP contribution in [-0.2, 0) is 23.1 Å². The second-order valence-corrected chi connectivity index (χ2v) is 9.57. The number of hydrogen-bond acceptors (Lipinski definition) is 10. The number of rotatable bonds is 7. The van der Waals surface area contributed by atoms with Crippen LogP contribution < -0.4 is 10.6 Å². The molecule has 13 heteroatoms. The molecule has 1 aromatic carbocycles. The number of esters is 1. The Kier molecular flexibility index (Phi) is 6.31. The van der Waals surface area contributed by atoms with E-state index in [-0.39, 0.29) is 47.3 Å². The third-order valence-corrected chi connectivity index (χ3v) is 7.21. The molecule has 11 nitrogen and oxygen atoms in total. The van der Waals surface area contributed by atoms with Gasteiger partial charge in [0.05, 0.1) is 49.1 Å². The molecule has 2 fully saturated rings. The van der Waals surface area contributed by atoms with E-state index in [9.17, 15) is 4.79 Å². The summed E-state index contributed by atoms with van der Waals surface area (Å²) in [6.45, 7) is 1.59. The summed E-state index contributed by atoms with van der Waals surface area (Å²) >= 11 is 0. The van der Waals surface area contributed by atoms with E-state index in [2.05, 4.69) is 35.5 Å². The van der Waals surface area contributed by atoms with Crippen molar-refractivity contribution >= 4 is 34.3 Å². The molecular formula is C26H26F2N8O3. The maximum absolute atomic E-state index is 15.2. The largest absolute Gasteiger partial charge is 0.464 e.